The Kier molecular flexibility index (Phi) is 5.54. The summed E-state index contributed by atoms with van der Waals surface area (Å²) in [5, 5.41) is 0.854. The molecule has 1 spiro atoms. The van der Waals surface area contributed by atoms with E-state index in [2.05, 4.69) is 115 Å². The smallest absolute Gasteiger partial charge is 0.0736 e. The molecule has 0 bridgehead atoms. The van der Waals surface area contributed by atoms with Crippen molar-refractivity contribution in [3.8, 4) is 11.1 Å². The zero-order valence-corrected chi connectivity index (χ0v) is 23.3. The maximum Gasteiger partial charge on any atom is 0.0736 e. The molecule has 5 aromatic carbocycles. The van der Waals surface area contributed by atoms with Crippen molar-refractivity contribution in [2.75, 3.05) is 0 Å². The molecule has 190 valence electrons. The SMILES string of the molecule is Clc1cc(C2CCCC(c3ccccc3)C2)c2c(c1)C1(c3ccccc3S2)c2ccccc2-c2ccccc21. The van der Waals surface area contributed by atoms with Gasteiger partial charge in [-0.05, 0) is 93.8 Å². The second-order valence-electron chi connectivity index (χ2n) is 11.3. The second-order valence-corrected chi connectivity index (χ2v) is 12.8. The monoisotopic (exact) mass is 540 g/mol. The van der Waals surface area contributed by atoms with Gasteiger partial charge in [0, 0.05) is 14.8 Å². The van der Waals surface area contributed by atoms with Gasteiger partial charge in [-0.15, -0.1) is 0 Å². The molecule has 0 radical (unpaired) electrons. The van der Waals surface area contributed by atoms with E-state index in [1.54, 1.807) is 0 Å². The third-order valence-electron chi connectivity index (χ3n) is 9.33. The lowest BCUT2D eigenvalue weighted by Crippen LogP contribution is -2.32. The summed E-state index contributed by atoms with van der Waals surface area (Å²) in [7, 11) is 0. The molecule has 39 heavy (non-hydrogen) atoms. The van der Waals surface area contributed by atoms with Crippen LogP contribution >= 0.6 is 23.4 Å². The zero-order valence-electron chi connectivity index (χ0n) is 21.7. The molecule has 0 saturated heterocycles. The first-order valence-corrected chi connectivity index (χ1v) is 15.3. The van der Waals surface area contributed by atoms with E-state index in [4.69, 9.17) is 11.6 Å². The van der Waals surface area contributed by atoms with Crippen molar-refractivity contribution in [1.29, 1.82) is 0 Å². The van der Waals surface area contributed by atoms with Crippen LogP contribution in [0.2, 0.25) is 5.02 Å². The number of hydrogen-bond donors (Lipinski definition) is 0. The highest BCUT2D eigenvalue weighted by molar-refractivity contribution is 7.99. The molecule has 1 saturated carbocycles. The van der Waals surface area contributed by atoms with Crippen molar-refractivity contribution in [2.45, 2.75) is 52.7 Å². The van der Waals surface area contributed by atoms with Gasteiger partial charge in [0.25, 0.3) is 0 Å². The van der Waals surface area contributed by atoms with Crippen LogP contribution in [0.5, 0.6) is 0 Å². The molecular weight excluding hydrogens is 512 g/mol. The molecule has 5 aromatic rings. The molecule has 8 rings (SSSR count). The van der Waals surface area contributed by atoms with Crippen molar-refractivity contribution in [1.82, 2.24) is 0 Å². The second kappa shape index (κ2) is 9.15. The van der Waals surface area contributed by atoms with Gasteiger partial charge in [0.05, 0.1) is 5.41 Å². The molecule has 1 heterocycles. The Morgan fingerprint density at radius 2 is 1.23 bits per heavy atom. The van der Waals surface area contributed by atoms with Crippen molar-refractivity contribution >= 4 is 23.4 Å². The van der Waals surface area contributed by atoms with Gasteiger partial charge in [0.1, 0.15) is 0 Å². The number of benzene rings is 5. The van der Waals surface area contributed by atoms with Crippen LogP contribution in [0.4, 0.5) is 0 Å². The summed E-state index contributed by atoms with van der Waals surface area (Å²) in [5.41, 5.74) is 10.7. The van der Waals surface area contributed by atoms with Gasteiger partial charge < -0.3 is 0 Å². The van der Waals surface area contributed by atoms with Crippen LogP contribution in [0, 0.1) is 0 Å². The van der Waals surface area contributed by atoms with E-state index in [-0.39, 0.29) is 5.41 Å². The molecule has 1 aliphatic heterocycles. The van der Waals surface area contributed by atoms with Crippen LogP contribution in [0.1, 0.15) is 70.9 Å². The van der Waals surface area contributed by atoms with E-state index in [1.807, 2.05) is 11.8 Å². The minimum absolute atomic E-state index is 0.364. The summed E-state index contributed by atoms with van der Waals surface area (Å²) in [4.78, 5) is 2.78. The van der Waals surface area contributed by atoms with Crippen LogP contribution in [-0.4, -0.2) is 0 Å². The number of hydrogen-bond acceptors (Lipinski definition) is 1. The van der Waals surface area contributed by atoms with Crippen LogP contribution in [0.3, 0.4) is 0 Å². The molecule has 2 aliphatic carbocycles. The lowest BCUT2D eigenvalue weighted by atomic mass is 9.66. The number of halogens is 1. The van der Waals surface area contributed by atoms with E-state index in [0.29, 0.717) is 11.8 Å². The van der Waals surface area contributed by atoms with E-state index in [1.165, 1.54) is 80.0 Å². The minimum atomic E-state index is -0.364. The van der Waals surface area contributed by atoms with Gasteiger partial charge in [-0.3, -0.25) is 0 Å². The first kappa shape index (κ1) is 23.6. The molecule has 0 N–H and O–H groups in total. The summed E-state index contributed by atoms with van der Waals surface area (Å²) in [5.74, 6) is 1.10. The van der Waals surface area contributed by atoms with E-state index >= 15 is 0 Å². The van der Waals surface area contributed by atoms with Gasteiger partial charge in [-0.1, -0.05) is 127 Å². The summed E-state index contributed by atoms with van der Waals surface area (Å²) < 4.78 is 0. The van der Waals surface area contributed by atoms with Crippen LogP contribution in [-0.2, 0) is 5.41 Å². The van der Waals surface area contributed by atoms with Gasteiger partial charge in [-0.25, -0.2) is 0 Å². The van der Waals surface area contributed by atoms with Crippen LogP contribution in [0.25, 0.3) is 11.1 Å². The van der Waals surface area contributed by atoms with Crippen molar-refractivity contribution in [3.63, 3.8) is 0 Å². The molecule has 0 aromatic heterocycles. The standard InChI is InChI=1S/C37H29ClS/c38-27-22-30(26-14-10-13-25(21-26)24-11-2-1-3-12-24)36-34(23-27)37(33-19-8-9-20-35(33)39-36)31-17-6-4-15-28(31)29-16-5-7-18-32(29)37/h1-9,11-12,15-20,22-23,25-26H,10,13-14,21H2. The fraction of sp³-hybridized carbons (Fsp3) is 0.189. The summed E-state index contributed by atoms with van der Waals surface area (Å²) in [6.45, 7) is 0. The van der Waals surface area contributed by atoms with E-state index in [0.717, 1.165) is 5.02 Å². The minimum Gasteiger partial charge on any atom is -0.0891 e. The number of rotatable bonds is 2. The van der Waals surface area contributed by atoms with E-state index < -0.39 is 0 Å². The Morgan fingerprint density at radius 1 is 0.615 bits per heavy atom. The molecule has 2 heteroatoms. The third-order valence-corrected chi connectivity index (χ3v) is 10.8. The molecule has 1 fully saturated rings. The van der Waals surface area contributed by atoms with Crippen LogP contribution < -0.4 is 0 Å². The lowest BCUT2D eigenvalue weighted by Gasteiger charge is -2.41. The maximum absolute atomic E-state index is 7.09. The van der Waals surface area contributed by atoms with Gasteiger partial charge in [0.15, 0.2) is 0 Å². The largest absolute Gasteiger partial charge is 0.0891 e. The van der Waals surface area contributed by atoms with E-state index in [9.17, 15) is 0 Å². The average molecular weight is 541 g/mol. The predicted octanol–water partition coefficient (Wildman–Crippen LogP) is 10.6. The molecule has 0 amide bonds. The maximum atomic E-state index is 7.09. The van der Waals surface area contributed by atoms with Gasteiger partial charge >= 0.3 is 0 Å². The third kappa shape index (κ3) is 3.46. The first-order valence-electron chi connectivity index (χ1n) is 14.1. The highest BCUT2D eigenvalue weighted by Crippen LogP contribution is 2.63. The molecule has 2 atom stereocenters. The first-order chi connectivity index (χ1) is 19.2. The molecule has 0 nitrogen and oxygen atoms in total. The van der Waals surface area contributed by atoms with Crippen molar-refractivity contribution in [3.05, 3.63) is 154 Å². The Balaban J connectivity index is 1.38. The Morgan fingerprint density at radius 3 is 1.97 bits per heavy atom. The Labute approximate surface area is 240 Å². The Hall–Kier alpha value is -3.26. The Bertz CT molecular complexity index is 1670. The van der Waals surface area contributed by atoms with Gasteiger partial charge in [0.2, 0.25) is 0 Å². The zero-order chi connectivity index (χ0) is 26.0. The molecule has 2 unspecified atom stereocenters. The lowest BCUT2D eigenvalue weighted by molar-refractivity contribution is 0.390. The van der Waals surface area contributed by atoms with Crippen LogP contribution in [0.15, 0.2) is 125 Å². The van der Waals surface area contributed by atoms with Gasteiger partial charge in [-0.2, -0.15) is 0 Å². The van der Waals surface area contributed by atoms with Crippen molar-refractivity contribution in [2.24, 2.45) is 0 Å². The summed E-state index contributed by atoms with van der Waals surface area (Å²) in [6.07, 6.45) is 4.92. The highest BCUT2D eigenvalue weighted by Gasteiger charge is 2.50. The molecule has 3 aliphatic rings. The average Bonchev–Trinajstić information content (AvgIpc) is 3.29. The highest BCUT2D eigenvalue weighted by atomic mass is 35.5. The summed E-state index contributed by atoms with van der Waals surface area (Å²) in [6, 6.07) is 42.8. The number of fused-ring (bicyclic) bond motifs is 9. The topological polar surface area (TPSA) is 0 Å². The quantitative estimate of drug-likeness (QED) is 0.210. The fourth-order valence-corrected chi connectivity index (χ4v) is 9.34. The normalized spacial score (nSPS) is 20.1. The van der Waals surface area contributed by atoms with Crippen molar-refractivity contribution < 1.29 is 0 Å². The predicted molar refractivity (Wildman–Crippen MR) is 163 cm³/mol. The summed E-state index contributed by atoms with van der Waals surface area (Å²) >= 11 is 9.05. The fourth-order valence-electron chi connectivity index (χ4n) is 7.75. The molecular formula is C37H29ClS.